The maximum absolute atomic E-state index is 11.2. The largest absolute Gasteiger partial charge is 0.478 e. The third-order valence-corrected chi connectivity index (χ3v) is 4.59. The predicted molar refractivity (Wildman–Crippen MR) is 119 cm³/mol. The second-order valence-corrected chi connectivity index (χ2v) is 6.79. The zero-order valence-electron chi connectivity index (χ0n) is 16.9. The second-order valence-electron chi connectivity index (χ2n) is 6.79. The molecule has 2 heterocycles. The van der Waals surface area contributed by atoms with Crippen LogP contribution in [0.25, 0.3) is 0 Å². The molecule has 1 atom stereocenters. The van der Waals surface area contributed by atoms with Crippen LogP contribution in [0.5, 0.6) is 0 Å². The molecule has 2 aromatic carbocycles. The Kier molecular flexibility index (Phi) is 5.85. The normalized spacial score (nSPS) is 17.7. The van der Waals surface area contributed by atoms with E-state index < -0.39 is 18.0 Å². The van der Waals surface area contributed by atoms with Crippen molar-refractivity contribution in [1.29, 1.82) is 5.41 Å². The topological polar surface area (TPSA) is 170 Å². The highest BCUT2D eigenvalue weighted by Crippen LogP contribution is 2.27. The summed E-state index contributed by atoms with van der Waals surface area (Å²) in [6.45, 7) is 0. The first-order chi connectivity index (χ1) is 15.9. The smallest absolute Gasteiger partial charge is 0.335 e. The number of hydrogen-bond donors (Lipinski definition) is 5. The number of hydrazone groups is 2. The Morgan fingerprint density at radius 1 is 0.879 bits per heavy atom. The van der Waals surface area contributed by atoms with Crippen molar-refractivity contribution >= 4 is 40.6 Å². The van der Waals surface area contributed by atoms with Crippen LogP contribution in [0.1, 0.15) is 32.6 Å². The first-order valence-electron chi connectivity index (χ1n) is 9.55. The molecule has 0 bridgehead atoms. The average Bonchev–Trinajstić information content (AvgIpc) is 3.44. The monoisotopic (exact) mass is 447 g/mol. The van der Waals surface area contributed by atoms with Gasteiger partial charge in [-0.25, -0.2) is 9.59 Å². The van der Waals surface area contributed by atoms with Gasteiger partial charge in [-0.2, -0.15) is 10.2 Å². The van der Waals surface area contributed by atoms with Crippen LogP contribution in [0, 0.1) is 5.41 Å². The van der Waals surface area contributed by atoms with Crippen molar-refractivity contribution in [3.05, 3.63) is 83.8 Å². The number of hydrogen-bond acceptors (Lipinski definition) is 9. The van der Waals surface area contributed by atoms with Gasteiger partial charge in [0.05, 0.1) is 28.8 Å². The molecule has 11 heteroatoms. The summed E-state index contributed by atoms with van der Waals surface area (Å²) >= 11 is 0. The minimum atomic E-state index is -1.08. The van der Waals surface area contributed by atoms with E-state index in [1.165, 1.54) is 30.5 Å². The van der Waals surface area contributed by atoms with Crippen LogP contribution in [0.15, 0.2) is 81.5 Å². The third-order valence-electron chi connectivity index (χ3n) is 4.59. The summed E-state index contributed by atoms with van der Waals surface area (Å²) in [5.41, 5.74) is 6.95. The van der Waals surface area contributed by atoms with Crippen LogP contribution in [-0.4, -0.2) is 39.5 Å². The van der Waals surface area contributed by atoms with E-state index in [0.29, 0.717) is 17.1 Å². The Hall–Kier alpha value is -4.93. The SMILES string of the molecule is N=C1O[C@H](c2ccco2)C(=N/Nc2ccc(C(=O)O)cc2)/C1=N\Nc1cccc(C(=O)O)c1. The summed E-state index contributed by atoms with van der Waals surface area (Å²) in [4.78, 5) is 22.2. The molecular weight excluding hydrogens is 430 g/mol. The molecule has 0 unspecified atom stereocenters. The Morgan fingerprint density at radius 3 is 2.27 bits per heavy atom. The number of anilines is 2. The van der Waals surface area contributed by atoms with Crippen molar-refractivity contribution in [1.82, 2.24) is 0 Å². The van der Waals surface area contributed by atoms with Crippen LogP contribution >= 0.6 is 0 Å². The van der Waals surface area contributed by atoms with Gasteiger partial charge in [0, 0.05) is 0 Å². The Labute approximate surface area is 186 Å². The molecule has 0 aliphatic carbocycles. The van der Waals surface area contributed by atoms with Gasteiger partial charge in [0.2, 0.25) is 12.0 Å². The lowest BCUT2D eigenvalue weighted by atomic mass is 10.1. The molecule has 0 spiro atoms. The quantitative estimate of drug-likeness (QED) is 0.342. The molecule has 0 amide bonds. The molecule has 1 fully saturated rings. The highest BCUT2D eigenvalue weighted by Gasteiger charge is 2.39. The van der Waals surface area contributed by atoms with E-state index in [-0.39, 0.29) is 28.4 Å². The van der Waals surface area contributed by atoms with E-state index in [2.05, 4.69) is 21.1 Å². The third kappa shape index (κ3) is 4.71. The fraction of sp³-hybridized carbons (Fsp3) is 0.0455. The minimum Gasteiger partial charge on any atom is -0.478 e. The van der Waals surface area contributed by atoms with Gasteiger partial charge in [-0.15, -0.1) is 0 Å². The summed E-state index contributed by atoms with van der Waals surface area (Å²) in [6.07, 6.45) is 0.618. The van der Waals surface area contributed by atoms with Crippen molar-refractivity contribution in [2.24, 2.45) is 10.2 Å². The molecule has 5 N–H and O–H groups in total. The maximum Gasteiger partial charge on any atom is 0.335 e. The number of carboxylic acid groups (broad SMARTS) is 2. The summed E-state index contributed by atoms with van der Waals surface area (Å²) < 4.78 is 11.0. The number of nitrogens with one attached hydrogen (secondary N) is 3. The lowest BCUT2D eigenvalue weighted by molar-refractivity contribution is 0.0686. The average molecular weight is 447 g/mol. The molecule has 1 aliphatic heterocycles. The molecule has 0 saturated carbocycles. The van der Waals surface area contributed by atoms with Gasteiger partial charge < -0.3 is 19.4 Å². The van der Waals surface area contributed by atoms with E-state index in [9.17, 15) is 9.59 Å². The van der Waals surface area contributed by atoms with Gasteiger partial charge in [-0.1, -0.05) is 6.07 Å². The van der Waals surface area contributed by atoms with E-state index in [1.807, 2.05) is 0 Å². The number of nitrogens with zero attached hydrogens (tertiary/aromatic N) is 2. The van der Waals surface area contributed by atoms with Crippen molar-refractivity contribution in [2.45, 2.75) is 6.10 Å². The number of carboxylic acids is 2. The molecule has 1 aromatic heterocycles. The molecule has 33 heavy (non-hydrogen) atoms. The molecule has 1 aliphatic rings. The number of rotatable bonds is 7. The van der Waals surface area contributed by atoms with Gasteiger partial charge in [0.25, 0.3) is 0 Å². The zero-order valence-corrected chi connectivity index (χ0v) is 16.9. The van der Waals surface area contributed by atoms with E-state index in [0.717, 1.165) is 0 Å². The maximum atomic E-state index is 11.2. The molecular formula is C22H17N5O6. The molecule has 166 valence electrons. The highest BCUT2D eigenvalue weighted by atomic mass is 16.5. The van der Waals surface area contributed by atoms with Crippen molar-refractivity contribution < 1.29 is 29.0 Å². The van der Waals surface area contributed by atoms with Gasteiger partial charge in [0.1, 0.15) is 5.71 Å². The lowest BCUT2D eigenvalue weighted by Gasteiger charge is -2.08. The van der Waals surface area contributed by atoms with Crippen LogP contribution < -0.4 is 10.9 Å². The molecule has 11 nitrogen and oxygen atoms in total. The van der Waals surface area contributed by atoms with E-state index in [1.54, 1.807) is 36.4 Å². The Bertz CT molecular complexity index is 1260. The summed E-state index contributed by atoms with van der Waals surface area (Å²) in [5.74, 6) is -1.99. The van der Waals surface area contributed by atoms with Crippen molar-refractivity contribution in [2.75, 3.05) is 10.9 Å². The number of aromatic carboxylic acids is 2. The van der Waals surface area contributed by atoms with Crippen molar-refractivity contribution in [3.63, 3.8) is 0 Å². The van der Waals surface area contributed by atoms with E-state index in [4.69, 9.17) is 24.8 Å². The van der Waals surface area contributed by atoms with Gasteiger partial charge >= 0.3 is 11.9 Å². The first kappa shape index (κ1) is 21.3. The highest BCUT2D eigenvalue weighted by molar-refractivity contribution is 6.69. The fourth-order valence-electron chi connectivity index (χ4n) is 2.98. The Morgan fingerprint density at radius 2 is 1.61 bits per heavy atom. The lowest BCUT2D eigenvalue weighted by Crippen LogP contribution is -2.19. The summed E-state index contributed by atoms with van der Waals surface area (Å²) in [6, 6.07) is 15.3. The standard InChI is InChI=1S/C22H17N5O6/c23-20-18(27-25-15-4-1-3-13(11-15)22(30)31)17(19(33-20)16-5-2-10-32-16)26-24-14-8-6-12(7-9-14)21(28)29/h1-11,19,23-25H,(H,28,29)(H,30,31)/b23-20?,26-17+,27-18+/t19-/m1/s1. The molecule has 1 saturated heterocycles. The number of ether oxygens (including phenoxy) is 1. The fourth-order valence-corrected chi connectivity index (χ4v) is 2.98. The molecule has 0 radical (unpaired) electrons. The molecule has 3 aromatic rings. The Balaban J connectivity index is 1.63. The summed E-state index contributed by atoms with van der Waals surface area (Å²) in [7, 11) is 0. The van der Waals surface area contributed by atoms with Crippen LogP contribution in [0.4, 0.5) is 11.4 Å². The van der Waals surface area contributed by atoms with Crippen LogP contribution in [0.3, 0.4) is 0 Å². The summed E-state index contributed by atoms with van der Waals surface area (Å²) in [5, 5.41) is 34.9. The predicted octanol–water partition coefficient (Wildman–Crippen LogP) is 3.66. The van der Waals surface area contributed by atoms with Gasteiger partial charge in [-0.05, 0) is 54.6 Å². The second kappa shape index (κ2) is 9.06. The number of benzene rings is 2. The van der Waals surface area contributed by atoms with E-state index >= 15 is 0 Å². The first-order valence-corrected chi connectivity index (χ1v) is 9.55. The number of carbonyl (C=O) groups is 2. The van der Waals surface area contributed by atoms with Gasteiger partial charge in [-0.3, -0.25) is 16.3 Å². The van der Waals surface area contributed by atoms with Crippen LogP contribution in [0.2, 0.25) is 0 Å². The minimum absolute atomic E-state index is 0.0757. The molecule has 4 rings (SSSR count). The van der Waals surface area contributed by atoms with Gasteiger partial charge in [0.15, 0.2) is 11.5 Å². The zero-order chi connectivity index (χ0) is 23.4. The number of furan rings is 1. The van der Waals surface area contributed by atoms with Crippen molar-refractivity contribution in [3.8, 4) is 0 Å². The van der Waals surface area contributed by atoms with Crippen LogP contribution in [-0.2, 0) is 4.74 Å².